The van der Waals surface area contributed by atoms with E-state index in [1.807, 2.05) is 13.0 Å². The normalized spacial score (nSPS) is 17.8. The van der Waals surface area contributed by atoms with Crippen molar-refractivity contribution in [2.24, 2.45) is 0 Å². The van der Waals surface area contributed by atoms with E-state index in [9.17, 15) is 13.6 Å². The highest BCUT2D eigenvalue weighted by atomic mass is 19.3. The highest BCUT2D eigenvalue weighted by Gasteiger charge is 2.36. The van der Waals surface area contributed by atoms with Gasteiger partial charge in [0.25, 0.3) is 5.56 Å². The number of aryl methyl sites for hydroxylation is 3. The van der Waals surface area contributed by atoms with Crippen LogP contribution in [0.5, 0.6) is 0 Å². The van der Waals surface area contributed by atoms with E-state index in [2.05, 4.69) is 20.2 Å². The topological polar surface area (TPSA) is 89.6 Å². The van der Waals surface area contributed by atoms with Gasteiger partial charge in [-0.3, -0.25) is 4.79 Å². The van der Waals surface area contributed by atoms with Crippen molar-refractivity contribution in [2.45, 2.75) is 57.4 Å². The molecule has 1 N–H and O–H groups in total. The Morgan fingerprint density at radius 2 is 2.12 bits per heavy atom. The van der Waals surface area contributed by atoms with Crippen molar-refractivity contribution < 1.29 is 13.3 Å². The average molecular weight is 363 g/mol. The van der Waals surface area contributed by atoms with Gasteiger partial charge in [0.15, 0.2) is 5.65 Å². The van der Waals surface area contributed by atoms with Crippen LogP contribution in [0.25, 0.3) is 11.0 Å². The van der Waals surface area contributed by atoms with Crippen molar-refractivity contribution in [3.8, 4) is 0 Å². The van der Waals surface area contributed by atoms with Gasteiger partial charge in [-0.2, -0.15) is 5.10 Å². The standard InChI is InChI=1S/C17H19F2N5O2/c1-10-8-12(26-23-10)2-3-14-21-15-13(16(25)22-14)9-20-24(15)11-4-6-17(18,19)7-5-11/h8-9,11H,2-7H2,1H3,(H,21,22,25). The van der Waals surface area contributed by atoms with Crippen LogP contribution in [-0.2, 0) is 12.8 Å². The molecular weight excluding hydrogens is 344 g/mol. The maximum absolute atomic E-state index is 13.4. The van der Waals surface area contributed by atoms with Crippen LogP contribution in [0.1, 0.15) is 49.0 Å². The fourth-order valence-corrected chi connectivity index (χ4v) is 3.41. The molecule has 1 saturated carbocycles. The second-order valence-electron chi connectivity index (χ2n) is 6.86. The number of H-pyrrole nitrogens is 1. The first-order valence-electron chi connectivity index (χ1n) is 8.68. The van der Waals surface area contributed by atoms with Gasteiger partial charge in [-0.25, -0.2) is 18.4 Å². The van der Waals surface area contributed by atoms with E-state index in [1.165, 1.54) is 6.20 Å². The lowest BCUT2D eigenvalue weighted by molar-refractivity contribution is -0.0446. The molecule has 1 aliphatic carbocycles. The summed E-state index contributed by atoms with van der Waals surface area (Å²) in [4.78, 5) is 19.6. The van der Waals surface area contributed by atoms with Gasteiger partial charge in [-0.1, -0.05) is 5.16 Å². The van der Waals surface area contributed by atoms with Crippen molar-refractivity contribution in [1.82, 2.24) is 24.9 Å². The molecule has 0 aromatic carbocycles. The molecule has 0 amide bonds. The lowest BCUT2D eigenvalue weighted by Crippen LogP contribution is -2.27. The molecular formula is C17H19F2N5O2. The van der Waals surface area contributed by atoms with E-state index >= 15 is 0 Å². The first-order valence-corrected chi connectivity index (χ1v) is 8.68. The summed E-state index contributed by atoms with van der Waals surface area (Å²) < 4.78 is 33.6. The average Bonchev–Trinajstić information content (AvgIpc) is 3.20. The molecule has 0 radical (unpaired) electrons. The van der Waals surface area contributed by atoms with E-state index in [0.717, 1.165) is 5.69 Å². The van der Waals surface area contributed by atoms with Gasteiger partial charge in [-0.05, 0) is 19.8 Å². The summed E-state index contributed by atoms with van der Waals surface area (Å²) in [7, 11) is 0. The van der Waals surface area contributed by atoms with Crippen LogP contribution in [-0.4, -0.2) is 30.8 Å². The molecule has 9 heteroatoms. The minimum absolute atomic E-state index is 0.161. The summed E-state index contributed by atoms with van der Waals surface area (Å²) in [6.07, 6.45) is 2.81. The molecule has 4 rings (SSSR count). The number of hydrogen-bond acceptors (Lipinski definition) is 5. The zero-order chi connectivity index (χ0) is 18.3. The van der Waals surface area contributed by atoms with E-state index in [4.69, 9.17) is 4.52 Å². The summed E-state index contributed by atoms with van der Waals surface area (Å²) in [5.74, 6) is -1.38. The fourth-order valence-electron chi connectivity index (χ4n) is 3.41. The summed E-state index contributed by atoms with van der Waals surface area (Å²) in [6, 6.07) is 1.68. The van der Waals surface area contributed by atoms with Crippen LogP contribution >= 0.6 is 0 Å². The number of fused-ring (bicyclic) bond motifs is 1. The van der Waals surface area contributed by atoms with E-state index in [-0.39, 0.29) is 24.4 Å². The minimum Gasteiger partial charge on any atom is -0.361 e. The smallest absolute Gasteiger partial charge is 0.262 e. The van der Waals surface area contributed by atoms with E-state index in [0.29, 0.717) is 48.3 Å². The molecule has 1 aliphatic rings. The third-order valence-corrected chi connectivity index (χ3v) is 4.83. The number of alkyl halides is 2. The molecule has 0 saturated heterocycles. The Balaban J connectivity index is 1.60. The zero-order valence-corrected chi connectivity index (χ0v) is 14.3. The van der Waals surface area contributed by atoms with Gasteiger partial charge < -0.3 is 9.51 Å². The lowest BCUT2D eigenvalue weighted by Gasteiger charge is -2.28. The molecule has 3 aromatic rings. The first kappa shape index (κ1) is 16.9. The maximum Gasteiger partial charge on any atom is 0.262 e. The second-order valence-corrected chi connectivity index (χ2v) is 6.86. The molecule has 3 aromatic heterocycles. The van der Waals surface area contributed by atoms with Crippen molar-refractivity contribution in [1.29, 1.82) is 0 Å². The number of hydrogen-bond donors (Lipinski definition) is 1. The van der Waals surface area contributed by atoms with Crippen LogP contribution in [0.3, 0.4) is 0 Å². The Hall–Kier alpha value is -2.58. The van der Waals surface area contributed by atoms with Crippen LogP contribution < -0.4 is 5.56 Å². The van der Waals surface area contributed by atoms with Gasteiger partial charge in [0, 0.05) is 31.7 Å². The largest absolute Gasteiger partial charge is 0.361 e. The predicted molar refractivity (Wildman–Crippen MR) is 89.2 cm³/mol. The Kier molecular flexibility index (Phi) is 4.08. The van der Waals surface area contributed by atoms with Crippen molar-refractivity contribution >= 4 is 11.0 Å². The molecule has 3 heterocycles. The molecule has 138 valence electrons. The summed E-state index contributed by atoms with van der Waals surface area (Å²) in [5.41, 5.74) is 0.975. The molecule has 7 nitrogen and oxygen atoms in total. The molecule has 0 unspecified atom stereocenters. The first-order chi connectivity index (χ1) is 12.4. The summed E-state index contributed by atoms with van der Waals surface area (Å²) in [5, 5.41) is 8.46. The molecule has 0 bridgehead atoms. The third kappa shape index (κ3) is 3.25. The number of halogens is 2. The van der Waals surface area contributed by atoms with Gasteiger partial charge in [0.2, 0.25) is 5.92 Å². The van der Waals surface area contributed by atoms with Crippen molar-refractivity contribution in [3.05, 3.63) is 39.9 Å². The van der Waals surface area contributed by atoms with E-state index < -0.39 is 5.92 Å². The number of nitrogens with one attached hydrogen (secondary N) is 1. The number of nitrogens with zero attached hydrogens (tertiary/aromatic N) is 4. The Morgan fingerprint density at radius 3 is 2.81 bits per heavy atom. The van der Waals surface area contributed by atoms with Gasteiger partial charge >= 0.3 is 0 Å². The van der Waals surface area contributed by atoms with Gasteiger partial charge in [-0.15, -0.1) is 0 Å². The maximum atomic E-state index is 13.4. The van der Waals surface area contributed by atoms with Crippen molar-refractivity contribution in [3.63, 3.8) is 0 Å². The quantitative estimate of drug-likeness (QED) is 0.770. The third-order valence-electron chi connectivity index (χ3n) is 4.83. The predicted octanol–water partition coefficient (Wildman–Crippen LogP) is 2.95. The highest BCUT2D eigenvalue weighted by Crippen LogP contribution is 2.38. The van der Waals surface area contributed by atoms with Crippen LogP contribution in [0.2, 0.25) is 0 Å². The fraction of sp³-hybridized carbons (Fsp3) is 0.529. The van der Waals surface area contributed by atoms with Gasteiger partial charge in [0.1, 0.15) is 17.0 Å². The molecule has 1 fully saturated rings. The number of rotatable bonds is 4. The van der Waals surface area contributed by atoms with Crippen molar-refractivity contribution in [2.75, 3.05) is 0 Å². The summed E-state index contributed by atoms with van der Waals surface area (Å²) in [6.45, 7) is 1.84. The summed E-state index contributed by atoms with van der Waals surface area (Å²) >= 11 is 0. The Labute approximate surface area is 147 Å². The van der Waals surface area contributed by atoms with E-state index in [1.54, 1.807) is 4.68 Å². The molecule has 26 heavy (non-hydrogen) atoms. The Bertz CT molecular complexity index is 981. The van der Waals surface area contributed by atoms with Crippen LogP contribution in [0, 0.1) is 6.92 Å². The van der Waals surface area contributed by atoms with Crippen LogP contribution in [0.4, 0.5) is 8.78 Å². The second kappa shape index (κ2) is 6.30. The van der Waals surface area contributed by atoms with Gasteiger partial charge in [0.05, 0.1) is 17.9 Å². The zero-order valence-electron chi connectivity index (χ0n) is 14.3. The SMILES string of the molecule is Cc1cc(CCc2nc3c(cnn3C3CCC(F)(F)CC3)c(=O)[nH]2)on1. The number of aromatic nitrogens is 5. The lowest BCUT2D eigenvalue weighted by atomic mass is 9.92. The monoisotopic (exact) mass is 363 g/mol. The number of aromatic amines is 1. The Morgan fingerprint density at radius 1 is 1.35 bits per heavy atom. The minimum atomic E-state index is -2.61. The van der Waals surface area contributed by atoms with Crippen LogP contribution in [0.15, 0.2) is 21.6 Å². The molecule has 0 spiro atoms. The highest BCUT2D eigenvalue weighted by molar-refractivity contribution is 5.73. The molecule has 0 atom stereocenters. The molecule has 0 aliphatic heterocycles.